The van der Waals surface area contributed by atoms with Gasteiger partial charge in [0.05, 0.1) is 0 Å². The second-order valence-electron chi connectivity index (χ2n) is 2.68. The monoisotopic (exact) mass is 354 g/mol. The van der Waals surface area contributed by atoms with Gasteiger partial charge in [-0.3, -0.25) is 0 Å². The Labute approximate surface area is 148 Å². The van der Waals surface area contributed by atoms with Crippen LogP contribution in [0.5, 0.6) is 0 Å². The maximum absolute atomic E-state index is 7.56. The lowest BCUT2D eigenvalue weighted by molar-refractivity contribution is 0.570. The Kier molecular flexibility index (Phi) is 21.8. The minimum Gasteiger partial charge on any atom is -0.330 e. The predicted molar refractivity (Wildman–Crippen MR) is 91.3 cm³/mol. The SMILES string of the molecule is Cl.Cl.Cl.Cl.[2H]C([2H])(N)CC([2H])([2H])NCCCCNC([2H])([2H])CC([2H])([2H])N. The van der Waals surface area contributed by atoms with Crippen LogP contribution in [0.15, 0.2) is 0 Å². The van der Waals surface area contributed by atoms with E-state index < -0.39 is 38.8 Å². The number of hydrogen-bond acceptors (Lipinski definition) is 4. The van der Waals surface area contributed by atoms with Gasteiger partial charge in [0, 0.05) is 11.0 Å². The van der Waals surface area contributed by atoms with Gasteiger partial charge in [-0.15, -0.1) is 49.6 Å². The number of nitrogens with two attached hydrogens (primary N) is 2. The molecule has 0 aliphatic rings. The third-order valence-corrected chi connectivity index (χ3v) is 1.48. The molecule has 0 aliphatic heterocycles. The molecule has 0 aromatic heterocycles. The highest BCUT2D eigenvalue weighted by Crippen LogP contribution is 1.84. The van der Waals surface area contributed by atoms with Crippen molar-refractivity contribution in [3.05, 3.63) is 0 Å². The van der Waals surface area contributed by atoms with E-state index in [1.54, 1.807) is 0 Å². The molecule has 0 saturated heterocycles. The lowest BCUT2D eigenvalue weighted by Gasteiger charge is -2.04. The number of rotatable bonds is 11. The largest absolute Gasteiger partial charge is 0.330 e. The zero-order chi connectivity index (χ0) is 17.7. The maximum atomic E-state index is 7.56. The van der Waals surface area contributed by atoms with E-state index in [9.17, 15) is 0 Å². The molecule has 18 heavy (non-hydrogen) atoms. The second kappa shape index (κ2) is 30.8. The molecular weight excluding hydrogens is 318 g/mol. The van der Waals surface area contributed by atoms with E-state index in [0.717, 1.165) is 0 Å². The first-order valence-corrected chi connectivity index (χ1v) is 4.70. The molecule has 0 fully saturated rings. The highest BCUT2D eigenvalue weighted by atomic mass is 35.5. The Morgan fingerprint density at radius 3 is 1.28 bits per heavy atom. The molecule has 0 rings (SSSR count). The maximum Gasteiger partial charge on any atom is 0.0428 e. The molecule has 0 saturated carbocycles. The molecule has 118 valence electrons. The summed E-state index contributed by atoms with van der Waals surface area (Å²) in [6, 6.07) is 0. The lowest BCUT2D eigenvalue weighted by atomic mass is 10.3. The molecule has 0 aromatic rings. The molecule has 8 heteroatoms. The summed E-state index contributed by atoms with van der Waals surface area (Å²) in [5, 5.41) is 5.13. The van der Waals surface area contributed by atoms with Crippen molar-refractivity contribution in [2.45, 2.75) is 25.7 Å². The normalized spacial score (nSPS) is 18.1. The molecule has 0 spiro atoms. The summed E-state index contributed by atoms with van der Waals surface area (Å²) in [6.45, 7) is -7.40. The number of halogens is 4. The van der Waals surface area contributed by atoms with E-state index >= 15 is 0 Å². The quantitative estimate of drug-likeness (QED) is 0.422. The molecular formula is C10H30Cl4N4. The first-order valence-electron chi connectivity index (χ1n) is 8.70. The lowest BCUT2D eigenvalue weighted by Crippen LogP contribution is -2.22. The number of hydrogen-bond donors (Lipinski definition) is 4. The molecule has 0 aliphatic carbocycles. The first kappa shape index (κ1) is 12.7. The van der Waals surface area contributed by atoms with Crippen molar-refractivity contribution >= 4 is 49.6 Å². The van der Waals surface area contributed by atoms with Crippen LogP contribution < -0.4 is 22.1 Å². The van der Waals surface area contributed by atoms with Crippen LogP contribution in [-0.2, 0) is 0 Å². The van der Waals surface area contributed by atoms with Crippen LogP contribution in [0.25, 0.3) is 0 Å². The van der Waals surface area contributed by atoms with Crippen molar-refractivity contribution < 1.29 is 11.0 Å². The van der Waals surface area contributed by atoms with Crippen molar-refractivity contribution in [3.8, 4) is 0 Å². The van der Waals surface area contributed by atoms with Crippen LogP contribution in [0.1, 0.15) is 36.6 Å². The number of nitrogens with one attached hydrogen (secondary N) is 2. The van der Waals surface area contributed by atoms with E-state index in [-0.39, 0.29) is 49.6 Å². The van der Waals surface area contributed by atoms with Gasteiger partial charge in [0.1, 0.15) is 0 Å². The summed E-state index contributed by atoms with van der Waals surface area (Å²) in [4.78, 5) is 0. The minimum absolute atomic E-state index is 0. The third kappa shape index (κ3) is 30.2. The molecule has 0 unspecified atom stereocenters. The Bertz CT molecular complexity index is 310. The summed E-state index contributed by atoms with van der Waals surface area (Å²) in [5.74, 6) is 0. The molecule has 0 aromatic carbocycles. The zero-order valence-electron chi connectivity index (χ0n) is 18.0. The van der Waals surface area contributed by atoms with Crippen LogP contribution in [0.4, 0.5) is 0 Å². The summed E-state index contributed by atoms with van der Waals surface area (Å²) in [5.41, 5.74) is 10.3. The fourth-order valence-corrected chi connectivity index (χ4v) is 0.831. The minimum atomic E-state index is -2.09. The van der Waals surface area contributed by atoms with E-state index in [1.165, 1.54) is 0 Å². The standard InChI is InChI=1S/C10H26N4.4ClH/c11-5-3-9-13-7-1-2-8-14-10-4-6-12;;;;/h13-14H,1-12H2;4*1H/i5D2,6D2,9D2,10D2;;;;. The van der Waals surface area contributed by atoms with Gasteiger partial charge >= 0.3 is 0 Å². The Morgan fingerprint density at radius 1 is 0.667 bits per heavy atom. The summed E-state index contributed by atoms with van der Waals surface area (Å²) in [6.07, 6.45) is 0.163. The Balaban J connectivity index is -0.000000367. The van der Waals surface area contributed by atoms with Gasteiger partial charge in [0.25, 0.3) is 0 Å². The van der Waals surface area contributed by atoms with Crippen molar-refractivity contribution in [1.82, 2.24) is 10.6 Å². The second-order valence-corrected chi connectivity index (χ2v) is 2.68. The molecule has 0 atom stereocenters. The van der Waals surface area contributed by atoms with Gasteiger partial charge in [0.2, 0.25) is 0 Å². The number of unbranched alkanes of at least 4 members (excludes halogenated alkanes) is 1. The predicted octanol–water partition coefficient (Wildman–Crippen LogP) is 1.33. The average molecular weight is 356 g/mol. The fourth-order valence-electron chi connectivity index (χ4n) is 0.831. The van der Waals surface area contributed by atoms with Crippen molar-refractivity contribution in [1.29, 1.82) is 0 Å². The van der Waals surface area contributed by atoms with Crippen molar-refractivity contribution in [3.63, 3.8) is 0 Å². The summed E-state index contributed by atoms with van der Waals surface area (Å²) >= 11 is 0. The van der Waals surface area contributed by atoms with Gasteiger partial charge in [-0.05, 0) is 64.8 Å². The molecule has 4 nitrogen and oxygen atoms in total. The zero-order valence-corrected chi connectivity index (χ0v) is 13.3. The van der Waals surface area contributed by atoms with Gasteiger partial charge in [-0.1, -0.05) is 0 Å². The highest BCUT2D eigenvalue weighted by molar-refractivity contribution is 5.86. The smallest absolute Gasteiger partial charge is 0.0428 e. The van der Waals surface area contributed by atoms with Gasteiger partial charge in [0.15, 0.2) is 0 Å². The van der Waals surface area contributed by atoms with Crippen LogP contribution in [0.2, 0.25) is 0 Å². The summed E-state index contributed by atoms with van der Waals surface area (Å²) in [7, 11) is 0. The Morgan fingerprint density at radius 2 is 1.00 bits per heavy atom. The molecule has 0 amide bonds. The molecule has 6 N–H and O–H groups in total. The van der Waals surface area contributed by atoms with E-state index in [4.69, 9.17) is 22.4 Å². The Hall–Kier alpha value is 1.000. The van der Waals surface area contributed by atoms with Gasteiger partial charge in [-0.25, -0.2) is 0 Å². The van der Waals surface area contributed by atoms with E-state index in [0.29, 0.717) is 25.9 Å². The molecule has 0 heterocycles. The fraction of sp³-hybridized carbons (Fsp3) is 1.00. The third-order valence-electron chi connectivity index (χ3n) is 1.48. The van der Waals surface area contributed by atoms with E-state index in [2.05, 4.69) is 10.6 Å². The average Bonchev–Trinajstić information content (AvgIpc) is 2.15. The van der Waals surface area contributed by atoms with E-state index in [1.807, 2.05) is 0 Å². The van der Waals surface area contributed by atoms with Crippen molar-refractivity contribution in [2.24, 2.45) is 11.5 Å². The van der Waals surface area contributed by atoms with Gasteiger partial charge < -0.3 is 22.1 Å². The van der Waals surface area contributed by atoms with Crippen LogP contribution in [0.3, 0.4) is 0 Å². The van der Waals surface area contributed by atoms with Crippen LogP contribution in [-0.4, -0.2) is 39.1 Å². The highest BCUT2D eigenvalue weighted by Gasteiger charge is 1.89. The van der Waals surface area contributed by atoms with Crippen LogP contribution in [0, 0.1) is 0 Å². The van der Waals surface area contributed by atoms with Crippen LogP contribution >= 0.6 is 49.6 Å². The topological polar surface area (TPSA) is 76.1 Å². The van der Waals surface area contributed by atoms with Crippen molar-refractivity contribution in [2.75, 3.05) is 39.1 Å². The molecule has 0 radical (unpaired) electrons. The van der Waals surface area contributed by atoms with Gasteiger partial charge in [-0.2, -0.15) is 0 Å². The summed E-state index contributed by atoms with van der Waals surface area (Å²) < 4.78 is 58.8. The first-order chi connectivity index (χ1) is 9.62. The molecule has 0 bridgehead atoms.